The van der Waals surface area contributed by atoms with Gasteiger partial charge < -0.3 is 15.4 Å². The highest BCUT2D eigenvalue weighted by Gasteiger charge is 2.17. The van der Waals surface area contributed by atoms with Crippen molar-refractivity contribution in [1.82, 2.24) is 4.90 Å². The molecule has 0 bridgehead atoms. The SMILES string of the molecule is C=C(CCN1CCCCC1)c1ccc(OCCCCCN)c([N+](=O)[O-])c1. The Bertz CT molecular complexity index is 598. The normalized spacial score (nSPS) is 15.0. The molecule has 0 radical (unpaired) electrons. The molecule has 1 heterocycles. The highest BCUT2D eigenvalue weighted by molar-refractivity contribution is 5.67. The molecule has 2 rings (SSSR count). The third kappa shape index (κ3) is 6.42. The van der Waals surface area contributed by atoms with Gasteiger partial charge in [0, 0.05) is 12.6 Å². The van der Waals surface area contributed by atoms with Gasteiger partial charge in [-0.15, -0.1) is 0 Å². The summed E-state index contributed by atoms with van der Waals surface area (Å²) in [5, 5.41) is 11.4. The zero-order valence-corrected chi connectivity index (χ0v) is 15.6. The summed E-state index contributed by atoms with van der Waals surface area (Å²) in [5.74, 6) is 0.329. The van der Waals surface area contributed by atoms with Crippen LogP contribution in [0.15, 0.2) is 24.8 Å². The monoisotopic (exact) mass is 361 g/mol. The highest BCUT2D eigenvalue weighted by atomic mass is 16.6. The van der Waals surface area contributed by atoms with E-state index < -0.39 is 0 Å². The van der Waals surface area contributed by atoms with Crippen molar-refractivity contribution >= 4 is 11.3 Å². The Labute approximate surface area is 156 Å². The Morgan fingerprint density at radius 2 is 2.00 bits per heavy atom. The van der Waals surface area contributed by atoms with E-state index in [0.717, 1.165) is 56.5 Å². The van der Waals surface area contributed by atoms with Crippen molar-refractivity contribution in [2.45, 2.75) is 44.9 Å². The van der Waals surface area contributed by atoms with E-state index in [1.165, 1.54) is 19.3 Å². The maximum absolute atomic E-state index is 11.4. The van der Waals surface area contributed by atoms with Gasteiger partial charge in [-0.25, -0.2) is 0 Å². The van der Waals surface area contributed by atoms with E-state index in [1.54, 1.807) is 12.1 Å². The second-order valence-electron chi connectivity index (χ2n) is 6.89. The Kier molecular flexibility index (Phi) is 8.58. The molecule has 6 heteroatoms. The number of nitro benzene ring substituents is 1. The Morgan fingerprint density at radius 1 is 1.23 bits per heavy atom. The van der Waals surface area contributed by atoms with Crippen molar-refractivity contribution < 1.29 is 9.66 Å². The van der Waals surface area contributed by atoms with Gasteiger partial charge >= 0.3 is 5.69 Å². The van der Waals surface area contributed by atoms with Crippen LogP contribution in [0.5, 0.6) is 5.75 Å². The van der Waals surface area contributed by atoms with Crippen molar-refractivity contribution in [3.63, 3.8) is 0 Å². The molecule has 0 atom stereocenters. The topological polar surface area (TPSA) is 81.6 Å². The fourth-order valence-electron chi connectivity index (χ4n) is 3.23. The van der Waals surface area contributed by atoms with Gasteiger partial charge in [0.25, 0.3) is 0 Å². The van der Waals surface area contributed by atoms with Gasteiger partial charge in [-0.05, 0) is 75.4 Å². The predicted molar refractivity (Wildman–Crippen MR) is 105 cm³/mol. The van der Waals surface area contributed by atoms with Gasteiger partial charge in [0.1, 0.15) is 0 Å². The Balaban J connectivity index is 1.92. The zero-order valence-electron chi connectivity index (χ0n) is 15.6. The van der Waals surface area contributed by atoms with Gasteiger partial charge in [0.15, 0.2) is 5.75 Å². The second kappa shape index (κ2) is 10.9. The number of nitrogens with two attached hydrogens (primary N) is 1. The molecular weight excluding hydrogens is 330 g/mol. The van der Waals surface area contributed by atoms with E-state index in [4.69, 9.17) is 10.5 Å². The van der Waals surface area contributed by atoms with Crippen LogP contribution in [-0.2, 0) is 0 Å². The van der Waals surface area contributed by atoms with E-state index in [-0.39, 0.29) is 10.6 Å². The lowest BCUT2D eigenvalue weighted by Crippen LogP contribution is -2.30. The molecular formula is C20H31N3O3. The number of nitro groups is 1. The minimum atomic E-state index is -0.378. The first-order chi connectivity index (χ1) is 12.6. The number of likely N-dealkylation sites (tertiary alicyclic amines) is 1. The van der Waals surface area contributed by atoms with E-state index in [0.29, 0.717) is 18.9 Å². The Hall–Kier alpha value is -1.92. The number of ether oxygens (including phenoxy) is 1. The fraction of sp³-hybridized carbons (Fsp3) is 0.600. The van der Waals surface area contributed by atoms with Gasteiger partial charge in [0.2, 0.25) is 0 Å². The first-order valence-corrected chi connectivity index (χ1v) is 9.63. The lowest BCUT2D eigenvalue weighted by Gasteiger charge is -2.26. The average molecular weight is 361 g/mol. The van der Waals surface area contributed by atoms with Crippen LogP contribution in [0.25, 0.3) is 5.57 Å². The first-order valence-electron chi connectivity index (χ1n) is 9.63. The van der Waals surface area contributed by atoms with Gasteiger partial charge in [0.05, 0.1) is 11.5 Å². The van der Waals surface area contributed by atoms with Crippen LogP contribution in [0.3, 0.4) is 0 Å². The van der Waals surface area contributed by atoms with Gasteiger partial charge in [-0.3, -0.25) is 10.1 Å². The molecule has 0 unspecified atom stereocenters. The lowest BCUT2D eigenvalue weighted by molar-refractivity contribution is -0.385. The Morgan fingerprint density at radius 3 is 2.69 bits per heavy atom. The smallest absolute Gasteiger partial charge is 0.311 e. The molecule has 0 aromatic heterocycles. The summed E-state index contributed by atoms with van der Waals surface area (Å²) in [4.78, 5) is 13.5. The minimum absolute atomic E-state index is 0.0143. The van der Waals surface area contributed by atoms with E-state index in [1.807, 2.05) is 6.07 Å². The molecule has 0 aliphatic carbocycles. The number of nitrogens with zero attached hydrogens (tertiary/aromatic N) is 2. The zero-order chi connectivity index (χ0) is 18.8. The molecule has 1 aliphatic rings. The van der Waals surface area contributed by atoms with Gasteiger partial charge in [-0.2, -0.15) is 0 Å². The summed E-state index contributed by atoms with van der Waals surface area (Å²) in [7, 11) is 0. The maximum atomic E-state index is 11.4. The molecule has 0 amide bonds. The minimum Gasteiger partial charge on any atom is -0.487 e. The molecule has 1 saturated heterocycles. The van der Waals surface area contributed by atoms with E-state index >= 15 is 0 Å². The van der Waals surface area contributed by atoms with Crippen LogP contribution in [0.2, 0.25) is 0 Å². The van der Waals surface area contributed by atoms with Crippen LogP contribution in [-0.4, -0.2) is 42.6 Å². The van der Waals surface area contributed by atoms with Crippen molar-refractivity contribution in [2.75, 3.05) is 32.8 Å². The molecule has 6 nitrogen and oxygen atoms in total. The van der Waals surface area contributed by atoms with Crippen LogP contribution in [0.4, 0.5) is 5.69 Å². The average Bonchev–Trinajstić information content (AvgIpc) is 2.66. The van der Waals surface area contributed by atoms with Crippen molar-refractivity contribution in [3.8, 4) is 5.75 Å². The van der Waals surface area contributed by atoms with Crippen LogP contribution in [0, 0.1) is 10.1 Å². The summed E-state index contributed by atoms with van der Waals surface area (Å²) in [5.41, 5.74) is 7.24. The first kappa shape index (κ1) is 20.4. The summed E-state index contributed by atoms with van der Waals surface area (Å²) in [6.07, 6.45) is 7.42. The second-order valence-corrected chi connectivity index (χ2v) is 6.89. The quantitative estimate of drug-likeness (QED) is 0.366. The van der Waals surface area contributed by atoms with Crippen LogP contribution < -0.4 is 10.5 Å². The molecule has 1 fully saturated rings. The standard InChI is InChI=1S/C20H31N3O3/c1-17(10-14-22-12-5-3-6-13-22)18-8-9-20(19(16-18)23(24)25)26-15-7-2-4-11-21/h8-9,16H,1-7,10-15,21H2. The summed E-state index contributed by atoms with van der Waals surface area (Å²) < 4.78 is 5.61. The fourth-order valence-corrected chi connectivity index (χ4v) is 3.23. The number of unbranched alkanes of at least 4 members (excludes halogenated alkanes) is 2. The third-order valence-electron chi connectivity index (χ3n) is 4.85. The number of benzene rings is 1. The molecule has 144 valence electrons. The number of piperidine rings is 1. The summed E-state index contributed by atoms with van der Waals surface area (Å²) >= 11 is 0. The maximum Gasteiger partial charge on any atom is 0.311 e. The summed E-state index contributed by atoms with van der Waals surface area (Å²) in [6.45, 7) is 8.51. The molecule has 1 aromatic carbocycles. The molecule has 2 N–H and O–H groups in total. The van der Waals surface area contributed by atoms with Crippen molar-refractivity contribution in [1.29, 1.82) is 0 Å². The van der Waals surface area contributed by atoms with Crippen molar-refractivity contribution in [2.24, 2.45) is 5.73 Å². The summed E-state index contributed by atoms with van der Waals surface area (Å²) in [6, 6.07) is 5.16. The number of hydrogen-bond donors (Lipinski definition) is 1. The van der Waals surface area contributed by atoms with Gasteiger partial charge in [-0.1, -0.05) is 19.1 Å². The van der Waals surface area contributed by atoms with Crippen molar-refractivity contribution in [3.05, 3.63) is 40.5 Å². The molecule has 0 saturated carbocycles. The van der Waals surface area contributed by atoms with Crippen LogP contribution >= 0.6 is 0 Å². The third-order valence-corrected chi connectivity index (χ3v) is 4.85. The number of hydrogen-bond acceptors (Lipinski definition) is 5. The molecule has 26 heavy (non-hydrogen) atoms. The largest absolute Gasteiger partial charge is 0.487 e. The molecule has 0 spiro atoms. The predicted octanol–water partition coefficient (Wildman–Crippen LogP) is 3.99. The van der Waals surface area contributed by atoms with Crippen LogP contribution in [0.1, 0.15) is 50.5 Å². The molecule has 1 aliphatic heterocycles. The highest BCUT2D eigenvalue weighted by Crippen LogP contribution is 2.31. The van der Waals surface area contributed by atoms with E-state index in [9.17, 15) is 10.1 Å². The number of rotatable bonds is 11. The lowest BCUT2D eigenvalue weighted by atomic mass is 10.0. The molecule has 1 aromatic rings. The van der Waals surface area contributed by atoms with E-state index in [2.05, 4.69) is 11.5 Å².